The predicted molar refractivity (Wildman–Crippen MR) is 39.6 cm³/mol. The van der Waals surface area contributed by atoms with Gasteiger partial charge in [0.05, 0.1) is 0 Å². The lowest BCUT2D eigenvalue weighted by Gasteiger charge is -1.97. The second kappa shape index (κ2) is 4.89. The van der Waals surface area contributed by atoms with Crippen molar-refractivity contribution in [1.29, 1.82) is 0 Å². The molecule has 0 spiro atoms. The summed E-state index contributed by atoms with van der Waals surface area (Å²) >= 11 is 0. The maximum Gasteiger partial charge on any atom is 0.142 e. The molecule has 0 aliphatic heterocycles. The van der Waals surface area contributed by atoms with Crippen LogP contribution in [0.15, 0.2) is 16.5 Å². The van der Waals surface area contributed by atoms with Crippen molar-refractivity contribution in [1.82, 2.24) is 5.48 Å². The molecule has 68 valence electrons. The summed E-state index contributed by atoms with van der Waals surface area (Å²) in [6, 6.07) is 3.39. The topological polar surface area (TPSA) is 63.9 Å². The van der Waals surface area contributed by atoms with E-state index < -0.39 is 0 Å². The summed E-state index contributed by atoms with van der Waals surface area (Å²) in [5.74, 6) is 1.12. The van der Waals surface area contributed by atoms with Gasteiger partial charge in [0.2, 0.25) is 0 Å². The molecular formula is C7H11NO4. The molecule has 5 nitrogen and oxygen atoms in total. The molecule has 0 radical (unpaired) electrons. The van der Waals surface area contributed by atoms with E-state index in [-0.39, 0.29) is 13.2 Å². The molecule has 1 aromatic heterocycles. The van der Waals surface area contributed by atoms with E-state index in [0.29, 0.717) is 11.5 Å². The van der Waals surface area contributed by atoms with Crippen LogP contribution in [-0.4, -0.2) is 12.2 Å². The Morgan fingerprint density at radius 2 is 2.25 bits per heavy atom. The van der Waals surface area contributed by atoms with Crippen LogP contribution < -0.4 is 5.48 Å². The van der Waals surface area contributed by atoms with Crippen molar-refractivity contribution >= 4 is 0 Å². The molecule has 0 aliphatic rings. The van der Waals surface area contributed by atoms with E-state index in [1.807, 2.05) is 0 Å². The molecule has 0 aliphatic carbocycles. The van der Waals surface area contributed by atoms with E-state index in [1.54, 1.807) is 19.2 Å². The lowest BCUT2D eigenvalue weighted by atomic mass is 10.4. The van der Waals surface area contributed by atoms with E-state index in [0.717, 1.165) is 0 Å². The van der Waals surface area contributed by atoms with E-state index in [1.165, 1.54) is 0 Å². The van der Waals surface area contributed by atoms with Crippen LogP contribution in [-0.2, 0) is 23.1 Å². The largest absolute Gasteiger partial charge is 0.461 e. The number of aliphatic hydroxyl groups excluding tert-OH is 1. The number of hydrogen-bond donors (Lipinski definition) is 2. The molecule has 1 aromatic rings. The van der Waals surface area contributed by atoms with Gasteiger partial charge in [0.1, 0.15) is 24.7 Å². The third-order valence-corrected chi connectivity index (χ3v) is 1.22. The van der Waals surface area contributed by atoms with Gasteiger partial charge in [0.15, 0.2) is 0 Å². The standard InChI is InChI=1S/C7H11NO4/c1-8-12-10-5-7-3-2-6(4-9)11-7/h2-3,8-9H,4-5H2,1H3. The van der Waals surface area contributed by atoms with Crippen LogP contribution in [0.25, 0.3) is 0 Å². The summed E-state index contributed by atoms with van der Waals surface area (Å²) in [5, 5.41) is 8.64. The molecule has 1 heterocycles. The van der Waals surface area contributed by atoms with E-state index in [9.17, 15) is 0 Å². The van der Waals surface area contributed by atoms with Crippen molar-refractivity contribution < 1.29 is 19.4 Å². The monoisotopic (exact) mass is 173 g/mol. The molecule has 12 heavy (non-hydrogen) atoms. The molecule has 5 heteroatoms. The van der Waals surface area contributed by atoms with Crippen molar-refractivity contribution in [3.63, 3.8) is 0 Å². The minimum Gasteiger partial charge on any atom is -0.461 e. The Morgan fingerprint density at radius 3 is 2.83 bits per heavy atom. The fourth-order valence-electron chi connectivity index (χ4n) is 0.731. The maximum absolute atomic E-state index is 8.64. The zero-order valence-corrected chi connectivity index (χ0v) is 6.74. The zero-order chi connectivity index (χ0) is 8.81. The van der Waals surface area contributed by atoms with Crippen molar-refractivity contribution in [2.75, 3.05) is 7.05 Å². The summed E-state index contributed by atoms with van der Waals surface area (Å²) in [6.45, 7) is 0.105. The highest BCUT2D eigenvalue weighted by Crippen LogP contribution is 2.08. The van der Waals surface area contributed by atoms with Gasteiger partial charge in [-0.3, -0.25) is 0 Å². The minimum atomic E-state index is -0.104. The number of hydroxylamine groups is 1. The van der Waals surface area contributed by atoms with Gasteiger partial charge in [0, 0.05) is 7.05 Å². The molecule has 0 saturated heterocycles. The second-order valence-corrected chi connectivity index (χ2v) is 2.08. The number of nitrogens with one attached hydrogen (secondary N) is 1. The third kappa shape index (κ3) is 2.63. The third-order valence-electron chi connectivity index (χ3n) is 1.22. The Bertz CT molecular complexity index is 223. The van der Waals surface area contributed by atoms with Crippen molar-refractivity contribution in [3.05, 3.63) is 23.7 Å². The number of hydrogen-bond acceptors (Lipinski definition) is 5. The van der Waals surface area contributed by atoms with Gasteiger partial charge in [-0.2, -0.15) is 5.48 Å². The smallest absolute Gasteiger partial charge is 0.142 e. The van der Waals surface area contributed by atoms with Crippen molar-refractivity contribution in [2.45, 2.75) is 13.2 Å². The normalized spacial score (nSPS) is 10.5. The van der Waals surface area contributed by atoms with Gasteiger partial charge in [-0.1, -0.05) is 0 Å². The Morgan fingerprint density at radius 1 is 1.50 bits per heavy atom. The van der Waals surface area contributed by atoms with Crippen LogP contribution >= 0.6 is 0 Å². The van der Waals surface area contributed by atoms with Gasteiger partial charge < -0.3 is 9.52 Å². The molecule has 0 unspecified atom stereocenters. The average Bonchev–Trinajstić information content (AvgIpc) is 2.53. The Hall–Kier alpha value is -0.880. The van der Waals surface area contributed by atoms with E-state index >= 15 is 0 Å². The molecule has 0 bridgehead atoms. The highest BCUT2D eigenvalue weighted by Gasteiger charge is 2.00. The van der Waals surface area contributed by atoms with Crippen LogP contribution in [0.3, 0.4) is 0 Å². The van der Waals surface area contributed by atoms with E-state index in [4.69, 9.17) is 9.52 Å². The van der Waals surface area contributed by atoms with Crippen LogP contribution in [0, 0.1) is 0 Å². The summed E-state index contributed by atoms with van der Waals surface area (Å²) < 4.78 is 5.10. The molecule has 0 amide bonds. The molecule has 1 rings (SSSR count). The lowest BCUT2D eigenvalue weighted by Crippen LogP contribution is -2.07. The summed E-state index contributed by atoms with van der Waals surface area (Å²) in [4.78, 5) is 9.05. The number of aliphatic hydroxyl groups is 1. The molecule has 2 N–H and O–H groups in total. The van der Waals surface area contributed by atoms with Gasteiger partial charge in [-0.05, 0) is 12.1 Å². The number of furan rings is 1. The zero-order valence-electron chi connectivity index (χ0n) is 6.74. The van der Waals surface area contributed by atoms with Crippen LogP contribution in [0.5, 0.6) is 0 Å². The van der Waals surface area contributed by atoms with Gasteiger partial charge in [-0.25, -0.2) is 4.89 Å². The van der Waals surface area contributed by atoms with Crippen LogP contribution in [0.2, 0.25) is 0 Å². The van der Waals surface area contributed by atoms with Crippen molar-refractivity contribution in [2.24, 2.45) is 0 Å². The maximum atomic E-state index is 8.64. The molecule has 0 fully saturated rings. The van der Waals surface area contributed by atoms with Gasteiger partial charge in [-0.15, -0.1) is 4.99 Å². The first-order valence-corrected chi connectivity index (χ1v) is 3.50. The predicted octanol–water partition coefficient (Wildman–Crippen LogP) is 0.354. The summed E-state index contributed by atoms with van der Waals surface area (Å²) in [7, 11) is 1.58. The molecule has 0 atom stereocenters. The van der Waals surface area contributed by atoms with Crippen LogP contribution in [0.4, 0.5) is 0 Å². The number of rotatable bonds is 5. The summed E-state index contributed by atoms with van der Waals surface area (Å²) in [5.41, 5.74) is 2.35. The second-order valence-electron chi connectivity index (χ2n) is 2.08. The summed E-state index contributed by atoms with van der Waals surface area (Å²) in [6.07, 6.45) is 0. The quantitative estimate of drug-likeness (QED) is 0.382. The first-order valence-electron chi connectivity index (χ1n) is 3.50. The van der Waals surface area contributed by atoms with Crippen molar-refractivity contribution in [3.8, 4) is 0 Å². The Kier molecular flexibility index (Phi) is 3.75. The minimum absolute atomic E-state index is 0.104. The van der Waals surface area contributed by atoms with E-state index in [2.05, 4.69) is 15.4 Å². The fraction of sp³-hybridized carbons (Fsp3) is 0.429. The Labute approximate surface area is 69.8 Å². The first-order chi connectivity index (χ1) is 5.86. The first kappa shape index (κ1) is 9.21. The molecule has 0 saturated carbocycles. The highest BCUT2D eigenvalue weighted by atomic mass is 17.3. The fourth-order valence-corrected chi connectivity index (χ4v) is 0.731. The van der Waals surface area contributed by atoms with Gasteiger partial charge >= 0.3 is 0 Å². The Balaban J connectivity index is 2.31. The molecular weight excluding hydrogens is 162 g/mol. The lowest BCUT2D eigenvalue weighted by molar-refractivity contribution is -0.342. The van der Waals surface area contributed by atoms with Crippen LogP contribution in [0.1, 0.15) is 11.5 Å². The highest BCUT2D eigenvalue weighted by molar-refractivity contribution is 5.05. The van der Waals surface area contributed by atoms with Gasteiger partial charge in [0.25, 0.3) is 0 Å². The average molecular weight is 173 g/mol. The SMILES string of the molecule is CNOOCc1ccc(CO)o1. The molecule has 0 aromatic carbocycles.